The molecule has 0 saturated carbocycles. The Morgan fingerprint density at radius 3 is 2.71 bits per heavy atom. The molecular formula is C10H15N5O2. The van der Waals surface area contributed by atoms with Crippen LogP contribution in [0, 0.1) is 0 Å². The highest BCUT2D eigenvalue weighted by molar-refractivity contribution is 5.92. The minimum atomic E-state index is -0.0374. The first kappa shape index (κ1) is 11.4. The molecule has 17 heavy (non-hydrogen) atoms. The van der Waals surface area contributed by atoms with Gasteiger partial charge in [-0.3, -0.25) is 14.3 Å². The summed E-state index contributed by atoms with van der Waals surface area (Å²) < 4.78 is 1.66. The number of hydrogen-bond donors (Lipinski definition) is 1. The fourth-order valence-corrected chi connectivity index (χ4v) is 1.69. The molecule has 7 heteroatoms. The standard InChI is InChI=1S/C10H15N5O2/c1-13-6-10(17)14(7-9(13)16)2-3-15-5-8(11)4-12-15/h4-5H,2-3,6-7,11H2,1H3. The Morgan fingerprint density at radius 2 is 2.06 bits per heavy atom. The van der Waals surface area contributed by atoms with Crippen LogP contribution >= 0.6 is 0 Å². The van der Waals surface area contributed by atoms with Crippen LogP contribution in [0.4, 0.5) is 5.69 Å². The van der Waals surface area contributed by atoms with Crippen LogP contribution in [0.5, 0.6) is 0 Å². The number of aromatic nitrogens is 2. The third-order valence-corrected chi connectivity index (χ3v) is 2.73. The molecule has 1 aromatic rings. The molecule has 0 radical (unpaired) electrons. The Bertz CT molecular complexity index is 442. The van der Waals surface area contributed by atoms with Crippen LogP contribution in [0.3, 0.4) is 0 Å². The Hall–Kier alpha value is -2.05. The average molecular weight is 237 g/mol. The van der Waals surface area contributed by atoms with Crippen LogP contribution in [0.1, 0.15) is 0 Å². The molecule has 1 fully saturated rings. The number of amides is 2. The molecule has 92 valence electrons. The lowest BCUT2D eigenvalue weighted by Crippen LogP contribution is -2.52. The summed E-state index contributed by atoms with van der Waals surface area (Å²) in [5.74, 6) is -0.0724. The van der Waals surface area contributed by atoms with Gasteiger partial charge in [-0.15, -0.1) is 0 Å². The molecule has 0 aromatic carbocycles. The van der Waals surface area contributed by atoms with Crippen LogP contribution in [0.25, 0.3) is 0 Å². The number of hydrogen-bond acceptors (Lipinski definition) is 4. The number of nitrogens with zero attached hydrogens (tertiary/aromatic N) is 4. The summed E-state index contributed by atoms with van der Waals surface area (Å²) in [6, 6.07) is 0. The highest BCUT2D eigenvalue weighted by Crippen LogP contribution is 2.04. The van der Waals surface area contributed by atoms with E-state index in [2.05, 4.69) is 5.10 Å². The number of anilines is 1. The zero-order chi connectivity index (χ0) is 12.4. The smallest absolute Gasteiger partial charge is 0.242 e. The molecule has 0 spiro atoms. The number of likely N-dealkylation sites (N-methyl/N-ethyl adjacent to an activating group) is 1. The highest BCUT2D eigenvalue weighted by Gasteiger charge is 2.26. The van der Waals surface area contributed by atoms with Gasteiger partial charge in [0, 0.05) is 19.8 Å². The zero-order valence-electron chi connectivity index (χ0n) is 9.67. The molecule has 0 unspecified atom stereocenters. The molecule has 1 aliphatic heterocycles. The van der Waals surface area contributed by atoms with Gasteiger partial charge in [-0.25, -0.2) is 0 Å². The number of piperazine rings is 1. The second kappa shape index (κ2) is 4.44. The Morgan fingerprint density at radius 1 is 1.29 bits per heavy atom. The second-order valence-electron chi connectivity index (χ2n) is 4.10. The third kappa shape index (κ3) is 2.55. The molecule has 0 bridgehead atoms. The van der Waals surface area contributed by atoms with E-state index in [-0.39, 0.29) is 24.9 Å². The minimum Gasteiger partial charge on any atom is -0.396 e. The van der Waals surface area contributed by atoms with E-state index in [9.17, 15) is 9.59 Å². The number of carbonyl (C=O) groups excluding carboxylic acids is 2. The van der Waals surface area contributed by atoms with Crippen LogP contribution < -0.4 is 5.73 Å². The van der Waals surface area contributed by atoms with Gasteiger partial charge in [0.2, 0.25) is 11.8 Å². The van der Waals surface area contributed by atoms with E-state index in [4.69, 9.17) is 5.73 Å². The van der Waals surface area contributed by atoms with Gasteiger partial charge in [0.1, 0.15) is 0 Å². The maximum Gasteiger partial charge on any atom is 0.242 e. The quantitative estimate of drug-likeness (QED) is 0.713. The summed E-state index contributed by atoms with van der Waals surface area (Å²) in [5, 5.41) is 4.02. The maximum atomic E-state index is 11.7. The van der Waals surface area contributed by atoms with E-state index in [1.807, 2.05) is 0 Å². The third-order valence-electron chi connectivity index (χ3n) is 2.73. The van der Waals surface area contributed by atoms with E-state index in [0.717, 1.165) is 0 Å². The van der Waals surface area contributed by atoms with Crippen LogP contribution in [-0.4, -0.2) is 58.1 Å². The van der Waals surface area contributed by atoms with Gasteiger partial charge in [0.15, 0.2) is 0 Å². The SMILES string of the molecule is CN1CC(=O)N(CCn2cc(N)cn2)CC1=O. The Kier molecular flexibility index (Phi) is 2.99. The molecule has 2 N–H and O–H groups in total. The molecule has 0 aliphatic carbocycles. The normalized spacial score (nSPS) is 16.8. The van der Waals surface area contributed by atoms with Crippen molar-refractivity contribution in [1.29, 1.82) is 0 Å². The molecule has 2 heterocycles. The van der Waals surface area contributed by atoms with Crippen molar-refractivity contribution in [2.75, 3.05) is 32.4 Å². The number of carbonyl (C=O) groups is 2. The van der Waals surface area contributed by atoms with Crippen molar-refractivity contribution in [1.82, 2.24) is 19.6 Å². The topological polar surface area (TPSA) is 84.5 Å². The van der Waals surface area contributed by atoms with Crippen LogP contribution in [0.2, 0.25) is 0 Å². The fraction of sp³-hybridized carbons (Fsp3) is 0.500. The van der Waals surface area contributed by atoms with E-state index in [1.165, 1.54) is 4.90 Å². The summed E-state index contributed by atoms with van der Waals surface area (Å²) in [6.45, 7) is 1.31. The fourth-order valence-electron chi connectivity index (χ4n) is 1.69. The van der Waals surface area contributed by atoms with Crippen molar-refractivity contribution in [3.8, 4) is 0 Å². The minimum absolute atomic E-state index is 0.0350. The first-order chi connectivity index (χ1) is 8.06. The first-order valence-electron chi connectivity index (χ1n) is 5.36. The summed E-state index contributed by atoms with van der Waals surface area (Å²) in [7, 11) is 1.63. The Balaban J connectivity index is 1.91. The van der Waals surface area contributed by atoms with Gasteiger partial charge in [0.05, 0.1) is 31.5 Å². The van der Waals surface area contributed by atoms with Gasteiger partial charge in [-0.05, 0) is 0 Å². The van der Waals surface area contributed by atoms with Crippen molar-refractivity contribution in [2.45, 2.75) is 6.54 Å². The molecular weight excluding hydrogens is 222 g/mol. The lowest BCUT2D eigenvalue weighted by Gasteiger charge is -2.31. The predicted molar refractivity (Wildman–Crippen MR) is 60.9 cm³/mol. The second-order valence-corrected chi connectivity index (χ2v) is 4.10. The van der Waals surface area contributed by atoms with Crippen LogP contribution in [0.15, 0.2) is 12.4 Å². The Labute approximate surface area is 98.8 Å². The number of nitrogen functional groups attached to an aromatic ring is 1. The molecule has 7 nitrogen and oxygen atoms in total. The average Bonchev–Trinajstić information content (AvgIpc) is 2.68. The molecule has 2 rings (SSSR count). The van der Waals surface area contributed by atoms with Crippen molar-refractivity contribution in [3.63, 3.8) is 0 Å². The molecule has 1 saturated heterocycles. The molecule has 2 amide bonds. The molecule has 1 aromatic heterocycles. The van der Waals surface area contributed by atoms with E-state index < -0.39 is 0 Å². The van der Waals surface area contributed by atoms with Crippen molar-refractivity contribution >= 4 is 17.5 Å². The predicted octanol–water partition coefficient (Wildman–Crippen LogP) is -1.23. The molecule has 0 atom stereocenters. The van der Waals surface area contributed by atoms with E-state index in [0.29, 0.717) is 18.8 Å². The molecule has 1 aliphatic rings. The van der Waals surface area contributed by atoms with Gasteiger partial charge in [0.25, 0.3) is 0 Å². The van der Waals surface area contributed by atoms with Crippen molar-refractivity contribution in [2.24, 2.45) is 0 Å². The van der Waals surface area contributed by atoms with Gasteiger partial charge in [-0.2, -0.15) is 5.10 Å². The lowest BCUT2D eigenvalue weighted by molar-refractivity contribution is -0.148. The number of rotatable bonds is 3. The van der Waals surface area contributed by atoms with E-state index in [1.54, 1.807) is 29.0 Å². The zero-order valence-corrected chi connectivity index (χ0v) is 9.67. The summed E-state index contributed by atoms with van der Waals surface area (Å²) >= 11 is 0. The largest absolute Gasteiger partial charge is 0.396 e. The summed E-state index contributed by atoms with van der Waals surface area (Å²) in [6.07, 6.45) is 3.25. The van der Waals surface area contributed by atoms with Crippen molar-refractivity contribution in [3.05, 3.63) is 12.4 Å². The summed E-state index contributed by atoms with van der Waals surface area (Å²) in [4.78, 5) is 26.1. The number of nitrogens with two attached hydrogens (primary N) is 1. The van der Waals surface area contributed by atoms with Gasteiger partial charge in [-0.1, -0.05) is 0 Å². The summed E-state index contributed by atoms with van der Waals surface area (Å²) in [5.41, 5.74) is 6.12. The first-order valence-corrected chi connectivity index (χ1v) is 5.36. The van der Waals surface area contributed by atoms with Crippen LogP contribution in [-0.2, 0) is 16.1 Å². The van der Waals surface area contributed by atoms with Gasteiger partial charge >= 0.3 is 0 Å². The monoisotopic (exact) mass is 237 g/mol. The lowest BCUT2D eigenvalue weighted by atomic mass is 10.3. The van der Waals surface area contributed by atoms with Crippen molar-refractivity contribution < 1.29 is 9.59 Å². The van der Waals surface area contributed by atoms with Gasteiger partial charge < -0.3 is 15.5 Å². The maximum absolute atomic E-state index is 11.7. The van der Waals surface area contributed by atoms with E-state index >= 15 is 0 Å². The highest BCUT2D eigenvalue weighted by atomic mass is 16.2.